The van der Waals surface area contributed by atoms with Gasteiger partial charge < -0.3 is 5.11 Å². The normalized spacial score (nSPS) is 10.9. The lowest BCUT2D eigenvalue weighted by Crippen LogP contribution is -2.23. The van der Waals surface area contributed by atoms with Crippen molar-refractivity contribution < 1.29 is 5.11 Å². The van der Waals surface area contributed by atoms with Crippen LogP contribution in [0, 0.1) is 0 Å². The summed E-state index contributed by atoms with van der Waals surface area (Å²) in [6.45, 7) is 0.0000118. The number of aromatic nitrogens is 2. The van der Waals surface area contributed by atoms with E-state index < -0.39 is 0 Å². The fraction of sp³-hybridized carbons (Fsp3) is 0.200. The molecule has 0 saturated heterocycles. The Balaban J connectivity index is 2.78. The molecule has 0 spiro atoms. The van der Waals surface area contributed by atoms with Crippen LogP contribution < -0.4 is 5.56 Å². The maximum Gasteiger partial charge on any atom is 0.262 e. The molecule has 16 heavy (non-hydrogen) atoms. The first kappa shape index (κ1) is 11.6. The van der Waals surface area contributed by atoms with E-state index in [-0.39, 0.29) is 24.0 Å². The van der Waals surface area contributed by atoms with E-state index in [0.717, 1.165) is 4.47 Å². The predicted octanol–water partition coefficient (Wildman–Crippen LogP) is 1.80. The van der Waals surface area contributed by atoms with Crippen LogP contribution in [0.3, 0.4) is 0 Å². The summed E-state index contributed by atoms with van der Waals surface area (Å²) in [5.74, 6) is 0. The van der Waals surface area contributed by atoms with Gasteiger partial charge in [-0.15, -0.1) is 0 Å². The Labute approximate surface area is 105 Å². The minimum absolute atomic E-state index is 0.0876. The van der Waals surface area contributed by atoms with Crippen LogP contribution in [0.1, 0.15) is 0 Å². The van der Waals surface area contributed by atoms with Crippen molar-refractivity contribution in [3.05, 3.63) is 38.3 Å². The average molecular weight is 304 g/mol. The Morgan fingerprint density at radius 3 is 2.94 bits per heavy atom. The van der Waals surface area contributed by atoms with Gasteiger partial charge in [-0.2, -0.15) is 0 Å². The molecule has 0 fully saturated rings. The third-order valence-corrected chi connectivity index (χ3v) is 2.98. The Bertz CT molecular complexity index is 597. The molecule has 0 aliphatic carbocycles. The average Bonchev–Trinajstić information content (AvgIpc) is 2.23. The van der Waals surface area contributed by atoms with Gasteiger partial charge in [0.05, 0.1) is 24.1 Å². The van der Waals surface area contributed by atoms with Crippen molar-refractivity contribution in [3.63, 3.8) is 0 Å². The highest BCUT2D eigenvalue weighted by Gasteiger charge is 2.08. The van der Waals surface area contributed by atoms with E-state index in [1.165, 1.54) is 4.57 Å². The molecule has 1 aromatic carbocycles. The summed E-state index contributed by atoms with van der Waals surface area (Å²) in [6, 6.07) is 5.17. The predicted molar refractivity (Wildman–Crippen MR) is 65.8 cm³/mol. The molecule has 0 amide bonds. The number of benzene rings is 1. The lowest BCUT2D eigenvalue weighted by atomic mass is 10.2. The monoisotopic (exact) mass is 302 g/mol. The zero-order valence-corrected chi connectivity index (χ0v) is 10.5. The molecule has 6 heteroatoms. The van der Waals surface area contributed by atoms with Gasteiger partial charge in [0.15, 0.2) is 0 Å². The van der Waals surface area contributed by atoms with Gasteiger partial charge >= 0.3 is 0 Å². The van der Waals surface area contributed by atoms with Crippen LogP contribution in [0.2, 0.25) is 5.28 Å². The summed E-state index contributed by atoms with van der Waals surface area (Å²) in [5.41, 5.74) is 0.301. The summed E-state index contributed by atoms with van der Waals surface area (Å²) in [4.78, 5) is 16.1. The fourth-order valence-corrected chi connectivity index (χ4v) is 2.06. The molecule has 0 aliphatic heterocycles. The van der Waals surface area contributed by atoms with Crippen molar-refractivity contribution in [1.82, 2.24) is 9.55 Å². The largest absolute Gasteiger partial charge is 0.395 e. The number of fused-ring (bicyclic) bond motifs is 1. The van der Waals surface area contributed by atoms with Crippen LogP contribution in [0.4, 0.5) is 0 Å². The first-order valence-electron chi connectivity index (χ1n) is 4.60. The lowest BCUT2D eigenvalue weighted by Gasteiger charge is -2.07. The highest BCUT2D eigenvalue weighted by Crippen LogP contribution is 2.17. The van der Waals surface area contributed by atoms with Crippen LogP contribution in [0.25, 0.3) is 10.9 Å². The third kappa shape index (κ3) is 1.98. The molecule has 2 rings (SSSR count). The summed E-state index contributed by atoms with van der Waals surface area (Å²) < 4.78 is 2.08. The zero-order chi connectivity index (χ0) is 11.7. The fourth-order valence-electron chi connectivity index (χ4n) is 1.46. The van der Waals surface area contributed by atoms with Crippen LogP contribution in [-0.4, -0.2) is 21.3 Å². The quantitative estimate of drug-likeness (QED) is 0.861. The van der Waals surface area contributed by atoms with Crippen LogP contribution >= 0.6 is 27.5 Å². The first-order chi connectivity index (χ1) is 7.63. The summed E-state index contributed by atoms with van der Waals surface area (Å²) in [7, 11) is 0. The minimum Gasteiger partial charge on any atom is -0.395 e. The van der Waals surface area contributed by atoms with Gasteiger partial charge in [-0.3, -0.25) is 9.36 Å². The Morgan fingerprint density at radius 2 is 2.25 bits per heavy atom. The van der Waals surface area contributed by atoms with E-state index in [1.807, 2.05) is 0 Å². The molecule has 4 nitrogen and oxygen atoms in total. The zero-order valence-electron chi connectivity index (χ0n) is 8.15. The van der Waals surface area contributed by atoms with Crippen molar-refractivity contribution in [2.75, 3.05) is 6.61 Å². The maximum atomic E-state index is 12.0. The minimum atomic E-state index is -0.239. The van der Waals surface area contributed by atoms with Gasteiger partial charge in [0, 0.05) is 4.47 Å². The molecule has 0 unspecified atom stereocenters. The van der Waals surface area contributed by atoms with Crippen LogP contribution in [0.15, 0.2) is 27.5 Å². The van der Waals surface area contributed by atoms with Gasteiger partial charge in [-0.1, -0.05) is 15.9 Å². The molecular weight excluding hydrogens is 295 g/mol. The second-order valence-electron chi connectivity index (χ2n) is 3.22. The molecule has 1 heterocycles. The highest BCUT2D eigenvalue weighted by molar-refractivity contribution is 9.10. The second-order valence-corrected chi connectivity index (χ2v) is 4.48. The van der Waals surface area contributed by atoms with Gasteiger partial charge in [0.2, 0.25) is 5.28 Å². The van der Waals surface area contributed by atoms with Gasteiger partial charge in [-0.25, -0.2) is 4.98 Å². The highest BCUT2D eigenvalue weighted by atomic mass is 79.9. The van der Waals surface area contributed by atoms with Crippen molar-refractivity contribution in [2.45, 2.75) is 6.54 Å². The standard InChI is InChI=1S/C10H8BrClN2O2/c11-6-1-2-7-8(5-6)13-10(12)14(3-4-15)9(7)16/h1-2,5,15H,3-4H2. The lowest BCUT2D eigenvalue weighted by molar-refractivity contribution is 0.274. The molecule has 0 atom stereocenters. The molecule has 1 aromatic heterocycles. The Morgan fingerprint density at radius 1 is 1.50 bits per heavy atom. The molecule has 0 aliphatic rings. The van der Waals surface area contributed by atoms with Crippen LogP contribution in [0.5, 0.6) is 0 Å². The van der Waals surface area contributed by atoms with Gasteiger partial charge in [0.1, 0.15) is 0 Å². The molecule has 2 aromatic rings. The van der Waals surface area contributed by atoms with E-state index >= 15 is 0 Å². The summed E-state index contributed by atoms with van der Waals surface area (Å²) >= 11 is 9.16. The number of hydrogen-bond donors (Lipinski definition) is 1. The first-order valence-corrected chi connectivity index (χ1v) is 5.77. The van der Waals surface area contributed by atoms with E-state index in [1.54, 1.807) is 18.2 Å². The van der Waals surface area contributed by atoms with Crippen LogP contribution in [-0.2, 0) is 6.54 Å². The topological polar surface area (TPSA) is 55.1 Å². The van der Waals surface area contributed by atoms with Crippen molar-refractivity contribution in [1.29, 1.82) is 0 Å². The molecule has 0 radical (unpaired) electrons. The molecule has 0 bridgehead atoms. The molecule has 84 valence electrons. The third-order valence-electron chi connectivity index (χ3n) is 2.19. The number of halogens is 2. The van der Waals surface area contributed by atoms with Gasteiger partial charge in [0.25, 0.3) is 5.56 Å². The van der Waals surface area contributed by atoms with E-state index in [4.69, 9.17) is 16.7 Å². The summed E-state index contributed by atoms with van der Waals surface area (Å²) in [5, 5.41) is 9.41. The van der Waals surface area contributed by atoms with Crippen molar-refractivity contribution >= 4 is 38.4 Å². The van der Waals surface area contributed by atoms with E-state index in [0.29, 0.717) is 10.9 Å². The molecule has 1 N–H and O–H groups in total. The van der Waals surface area contributed by atoms with Crippen molar-refractivity contribution in [3.8, 4) is 0 Å². The van der Waals surface area contributed by atoms with E-state index in [9.17, 15) is 4.79 Å². The summed E-state index contributed by atoms with van der Waals surface area (Å²) in [6.07, 6.45) is 0. The maximum absolute atomic E-state index is 12.0. The number of nitrogens with zero attached hydrogens (tertiary/aromatic N) is 2. The van der Waals surface area contributed by atoms with E-state index in [2.05, 4.69) is 20.9 Å². The Hall–Kier alpha value is -0.910. The number of hydrogen-bond acceptors (Lipinski definition) is 3. The molecular formula is C10H8BrClN2O2. The number of aliphatic hydroxyl groups excluding tert-OH is 1. The second kappa shape index (κ2) is 4.53. The SMILES string of the molecule is O=c1c2ccc(Br)cc2nc(Cl)n1CCO. The number of aliphatic hydroxyl groups is 1. The van der Waals surface area contributed by atoms with Gasteiger partial charge in [-0.05, 0) is 29.8 Å². The molecule has 0 saturated carbocycles. The van der Waals surface area contributed by atoms with Crippen molar-refractivity contribution in [2.24, 2.45) is 0 Å². The number of rotatable bonds is 2. The Kier molecular flexibility index (Phi) is 3.28. The smallest absolute Gasteiger partial charge is 0.262 e.